The van der Waals surface area contributed by atoms with Crippen LogP contribution in [0.5, 0.6) is 11.5 Å². The van der Waals surface area contributed by atoms with Gasteiger partial charge in [0.2, 0.25) is 17.8 Å². The zero-order valence-electron chi connectivity index (χ0n) is 16.5. The van der Waals surface area contributed by atoms with Crippen molar-refractivity contribution in [3.63, 3.8) is 0 Å². The Morgan fingerprint density at radius 3 is 2.67 bits per heavy atom. The number of benzene rings is 2. The number of amides is 2. The number of nitrogens with one attached hydrogen (secondary N) is 2. The van der Waals surface area contributed by atoms with Gasteiger partial charge in [-0.3, -0.25) is 25.0 Å². The van der Waals surface area contributed by atoms with Gasteiger partial charge in [-0.1, -0.05) is 11.3 Å². The second-order valence-electron chi connectivity index (χ2n) is 6.46. The molecule has 0 bridgehead atoms. The van der Waals surface area contributed by atoms with Crippen molar-refractivity contribution in [2.75, 3.05) is 12.1 Å². The third-order valence-electron chi connectivity index (χ3n) is 4.22. The standard InChI is InChI=1S/C19H13BrN6O6S/c20-13-6-15-14(31-9-32-15)5-11(13)8-21-23-16(27)7-17-24-25-19(33-17)22-18(28)10-1-3-12(4-2-10)26(29)30/h1-6,8H,7,9H2,(H,23,27)(H,22,25,28). The van der Waals surface area contributed by atoms with Crippen LogP contribution in [0.4, 0.5) is 10.8 Å². The average Bonchev–Trinajstić information content (AvgIpc) is 3.42. The minimum Gasteiger partial charge on any atom is -0.454 e. The predicted molar refractivity (Wildman–Crippen MR) is 121 cm³/mol. The van der Waals surface area contributed by atoms with Gasteiger partial charge >= 0.3 is 0 Å². The number of hydrogen-bond acceptors (Lipinski definition) is 10. The van der Waals surface area contributed by atoms with E-state index in [1.54, 1.807) is 12.1 Å². The number of carbonyl (C=O) groups excluding carboxylic acids is 2. The molecular formula is C19H13BrN6O6S. The van der Waals surface area contributed by atoms with Gasteiger partial charge in [0.1, 0.15) is 5.01 Å². The second kappa shape index (κ2) is 9.70. The van der Waals surface area contributed by atoms with E-state index in [9.17, 15) is 19.7 Å². The van der Waals surface area contributed by atoms with Crippen LogP contribution in [-0.2, 0) is 11.2 Å². The van der Waals surface area contributed by atoms with Crippen LogP contribution < -0.4 is 20.2 Å². The monoisotopic (exact) mass is 532 g/mol. The molecule has 0 aliphatic carbocycles. The van der Waals surface area contributed by atoms with Gasteiger partial charge in [-0.25, -0.2) is 5.43 Å². The summed E-state index contributed by atoms with van der Waals surface area (Å²) in [7, 11) is 0. The smallest absolute Gasteiger partial charge is 0.269 e. The number of non-ortho nitro benzene ring substituents is 1. The van der Waals surface area contributed by atoms with Crippen LogP contribution in [0.1, 0.15) is 20.9 Å². The molecule has 168 valence electrons. The van der Waals surface area contributed by atoms with Gasteiger partial charge in [-0.2, -0.15) is 5.10 Å². The Hall–Kier alpha value is -3.91. The molecule has 33 heavy (non-hydrogen) atoms. The number of nitrogens with zero attached hydrogens (tertiary/aromatic N) is 4. The highest BCUT2D eigenvalue weighted by Crippen LogP contribution is 2.36. The number of nitro benzene ring substituents is 1. The maximum absolute atomic E-state index is 12.2. The van der Waals surface area contributed by atoms with Crippen LogP contribution in [-0.4, -0.2) is 39.9 Å². The Bertz CT molecular complexity index is 1260. The molecule has 12 nitrogen and oxygen atoms in total. The third-order valence-corrected chi connectivity index (χ3v) is 5.75. The Balaban J connectivity index is 1.30. The van der Waals surface area contributed by atoms with E-state index in [4.69, 9.17) is 9.47 Å². The Labute approximate surface area is 197 Å². The number of carbonyl (C=O) groups is 2. The summed E-state index contributed by atoms with van der Waals surface area (Å²) in [5.74, 6) is 0.280. The number of halogens is 1. The molecule has 0 fully saturated rings. The number of fused-ring (bicyclic) bond motifs is 1. The molecule has 4 rings (SSSR count). The minimum absolute atomic E-state index is 0.0925. The second-order valence-corrected chi connectivity index (χ2v) is 8.37. The summed E-state index contributed by atoms with van der Waals surface area (Å²) < 4.78 is 11.3. The van der Waals surface area contributed by atoms with Crippen molar-refractivity contribution in [3.05, 3.63) is 67.1 Å². The van der Waals surface area contributed by atoms with Crippen molar-refractivity contribution in [3.8, 4) is 11.5 Å². The molecule has 1 aliphatic heterocycles. The van der Waals surface area contributed by atoms with Crippen molar-refractivity contribution in [2.24, 2.45) is 5.10 Å². The summed E-state index contributed by atoms with van der Waals surface area (Å²) in [6, 6.07) is 8.60. The van der Waals surface area contributed by atoms with Crippen LogP contribution in [0.25, 0.3) is 0 Å². The summed E-state index contributed by atoms with van der Waals surface area (Å²) in [5, 5.41) is 25.4. The highest BCUT2D eigenvalue weighted by Gasteiger charge is 2.16. The van der Waals surface area contributed by atoms with Crippen molar-refractivity contribution in [1.29, 1.82) is 0 Å². The first kappa shape index (κ1) is 22.3. The molecule has 3 aromatic rings. The number of ether oxygens (including phenoxy) is 2. The fourth-order valence-electron chi connectivity index (χ4n) is 2.66. The fraction of sp³-hybridized carbons (Fsp3) is 0.105. The molecule has 2 aromatic carbocycles. The number of anilines is 1. The molecule has 0 atom stereocenters. The summed E-state index contributed by atoms with van der Waals surface area (Å²) in [5.41, 5.74) is 3.19. The van der Waals surface area contributed by atoms with Crippen LogP contribution >= 0.6 is 27.3 Å². The van der Waals surface area contributed by atoms with E-state index in [0.29, 0.717) is 22.1 Å². The lowest BCUT2D eigenvalue weighted by atomic mass is 10.2. The van der Waals surface area contributed by atoms with E-state index in [1.807, 2.05) is 0 Å². The molecule has 0 radical (unpaired) electrons. The molecule has 14 heteroatoms. The van der Waals surface area contributed by atoms with Crippen molar-refractivity contribution >= 4 is 56.1 Å². The molecule has 0 saturated carbocycles. The van der Waals surface area contributed by atoms with Crippen LogP contribution in [0.3, 0.4) is 0 Å². The SMILES string of the molecule is O=C(Cc1nnc(NC(=O)c2ccc([N+](=O)[O-])cc2)s1)NN=Cc1cc2c(cc1Br)OCO2. The van der Waals surface area contributed by atoms with Gasteiger partial charge < -0.3 is 9.47 Å². The third kappa shape index (κ3) is 5.48. The van der Waals surface area contributed by atoms with E-state index in [0.717, 1.165) is 15.8 Å². The maximum Gasteiger partial charge on any atom is 0.269 e. The molecule has 0 unspecified atom stereocenters. The molecule has 0 spiro atoms. The molecular weight excluding hydrogens is 520 g/mol. The van der Waals surface area contributed by atoms with Gasteiger partial charge in [0.25, 0.3) is 11.6 Å². The number of hydrogen-bond donors (Lipinski definition) is 2. The number of rotatable bonds is 7. The fourth-order valence-corrected chi connectivity index (χ4v) is 3.82. The average molecular weight is 533 g/mol. The van der Waals surface area contributed by atoms with E-state index in [-0.39, 0.29) is 29.6 Å². The maximum atomic E-state index is 12.2. The summed E-state index contributed by atoms with van der Waals surface area (Å²) >= 11 is 4.42. The molecule has 1 aromatic heterocycles. The summed E-state index contributed by atoms with van der Waals surface area (Å²) in [6.07, 6.45) is 1.37. The first-order chi connectivity index (χ1) is 15.9. The summed E-state index contributed by atoms with van der Waals surface area (Å²) in [6.45, 7) is 0.150. The van der Waals surface area contributed by atoms with Crippen LogP contribution in [0.15, 0.2) is 46.0 Å². The lowest BCUT2D eigenvalue weighted by Gasteiger charge is -2.02. The van der Waals surface area contributed by atoms with Gasteiger partial charge in [0.15, 0.2) is 11.5 Å². The topological polar surface area (TPSA) is 158 Å². The lowest BCUT2D eigenvalue weighted by Crippen LogP contribution is -2.19. The first-order valence-electron chi connectivity index (χ1n) is 9.18. The zero-order valence-corrected chi connectivity index (χ0v) is 18.9. The van der Waals surface area contributed by atoms with Gasteiger partial charge in [-0.15, -0.1) is 10.2 Å². The Morgan fingerprint density at radius 2 is 1.94 bits per heavy atom. The molecule has 2 heterocycles. The van der Waals surface area contributed by atoms with E-state index < -0.39 is 16.7 Å². The minimum atomic E-state index is -0.554. The summed E-state index contributed by atoms with van der Waals surface area (Å²) in [4.78, 5) is 34.5. The number of aromatic nitrogens is 2. The molecule has 2 N–H and O–H groups in total. The normalized spacial score (nSPS) is 12.0. The highest BCUT2D eigenvalue weighted by molar-refractivity contribution is 9.10. The van der Waals surface area contributed by atoms with E-state index >= 15 is 0 Å². The van der Waals surface area contributed by atoms with Crippen molar-refractivity contribution in [1.82, 2.24) is 15.6 Å². The van der Waals surface area contributed by atoms with Crippen LogP contribution in [0, 0.1) is 10.1 Å². The van der Waals surface area contributed by atoms with E-state index in [2.05, 4.69) is 42.0 Å². The Kier molecular flexibility index (Phi) is 6.55. The van der Waals surface area contributed by atoms with Crippen molar-refractivity contribution in [2.45, 2.75) is 6.42 Å². The van der Waals surface area contributed by atoms with E-state index in [1.165, 1.54) is 30.5 Å². The van der Waals surface area contributed by atoms with Crippen LogP contribution in [0.2, 0.25) is 0 Å². The predicted octanol–water partition coefficient (Wildman–Crippen LogP) is 2.88. The quantitative estimate of drug-likeness (QED) is 0.267. The van der Waals surface area contributed by atoms with Gasteiger partial charge in [0.05, 0.1) is 17.6 Å². The molecule has 0 saturated heterocycles. The lowest BCUT2D eigenvalue weighted by molar-refractivity contribution is -0.384. The highest BCUT2D eigenvalue weighted by atomic mass is 79.9. The number of hydrazone groups is 1. The first-order valence-corrected chi connectivity index (χ1v) is 10.8. The molecule has 2 amide bonds. The van der Waals surface area contributed by atoms with Crippen molar-refractivity contribution < 1.29 is 24.0 Å². The van der Waals surface area contributed by atoms with Gasteiger partial charge in [-0.05, 0) is 40.2 Å². The van der Waals surface area contributed by atoms with Gasteiger partial charge in [0, 0.05) is 27.7 Å². The molecule has 1 aliphatic rings. The Morgan fingerprint density at radius 1 is 1.21 bits per heavy atom. The number of nitro groups is 1. The zero-order chi connectivity index (χ0) is 23.4. The largest absolute Gasteiger partial charge is 0.454 e.